The third kappa shape index (κ3) is 4.56. The van der Waals surface area contributed by atoms with Gasteiger partial charge in [-0.05, 0) is 41.5 Å². The Kier molecular flexibility index (Phi) is 6.63. The Morgan fingerprint density at radius 2 is 1.41 bits per heavy atom. The van der Waals surface area contributed by atoms with Crippen molar-refractivity contribution < 1.29 is 37.5 Å². The van der Waals surface area contributed by atoms with Gasteiger partial charge in [-0.25, -0.2) is 9.59 Å². The van der Waals surface area contributed by atoms with Crippen molar-refractivity contribution in [2.24, 2.45) is 0 Å². The van der Waals surface area contributed by atoms with Gasteiger partial charge in [-0.1, -0.05) is 0 Å². The van der Waals surface area contributed by atoms with Gasteiger partial charge in [-0.15, -0.1) is 0 Å². The molecule has 0 aliphatic heterocycles. The van der Waals surface area contributed by atoms with Crippen LogP contribution < -0.4 is 5.32 Å². The summed E-state index contributed by atoms with van der Waals surface area (Å²) in [5.41, 5.74) is 0.741. The van der Waals surface area contributed by atoms with Crippen LogP contribution in [-0.4, -0.2) is 36.8 Å². The van der Waals surface area contributed by atoms with E-state index in [4.69, 9.17) is 18.3 Å². The Hall–Kier alpha value is -3.36. The predicted molar refractivity (Wildman–Crippen MR) is 101 cm³/mol. The molecule has 0 saturated carbocycles. The second-order valence-electron chi connectivity index (χ2n) is 6.35. The van der Waals surface area contributed by atoms with Crippen molar-refractivity contribution in [3.63, 3.8) is 0 Å². The lowest BCUT2D eigenvalue weighted by Crippen LogP contribution is -2.22. The fraction of sp³-hybridized carbons (Fsp3) is 0.400. The molecular weight excluding hydrogens is 382 g/mol. The minimum atomic E-state index is -0.804. The molecule has 0 bridgehead atoms. The van der Waals surface area contributed by atoms with Gasteiger partial charge in [0.2, 0.25) is 5.88 Å². The van der Waals surface area contributed by atoms with Gasteiger partial charge < -0.3 is 18.3 Å². The molecule has 0 spiro atoms. The lowest BCUT2D eigenvalue weighted by Gasteiger charge is -2.07. The van der Waals surface area contributed by atoms with E-state index < -0.39 is 30.2 Å². The summed E-state index contributed by atoms with van der Waals surface area (Å²) in [6.45, 7) is 8.87. The summed E-state index contributed by atoms with van der Waals surface area (Å²) >= 11 is 0. The van der Waals surface area contributed by atoms with Crippen LogP contribution in [0.15, 0.2) is 8.83 Å². The summed E-state index contributed by atoms with van der Waals surface area (Å²) in [5, 5.41) is 2.35. The summed E-state index contributed by atoms with van der Waals surface area (Å²) in [6.07, 6.45) is 0. The van der Waals surface area contributed by atoms with E-state index in [1.165, 1.54) is 13.8 Å². The molecule has 9 heteroatoms. The Bertz CT molecular complexity index is 979. The smallest absolute Gasteiger partial charge is 0.344 e. The van der Waals surface area contributed by atoms with Crippen molar-refractivity contribution in [1.29, 1.82) is 0 Å². The van der Waals surface area contributed by atoms with E-state index in [1.807, 2.05) is 0 Å². The Morgan fingerprint density at radius 1 is 0.828 bits per heavy atom. The third-order valence-electron chi connectivity index (χ3n) is 4.27. The molecule has 0 unspecified atom stereocenters. The number of amides is 1. The fourth-order valence-corrected chi connectivity index (χ4v) is 2.91. The molecule has 29 heavy (non-hydrogen) atoms. The molecule has 1 amide bonds. The fourth-order valence-electron chi connectivity index (χ4n) is 2.91. The molecule has 0 aromatic carbocycles. The molecule has 0 aliphatic rings. The molecule has 0 fully saturated rings. The quantitative estimate of drug-likeness (QED) is 0.549. The van der Waals surface area contributed by atoms with E-state index >= 15 is 0 Å². The number of carbonyl (C=O) groups excluding carboxylic acids is 4. The van der Waals surface area contributed by atoms with Crippen molar-refractivity contribution in [2.45, 2.75) is 41.5 Å². The maximum Gasteiger partial charge on any atom is 0.344 e. The number of esters is 2. The molecule has 0 saturated heterocycles. The molecule has 1 N–H and O–H groups in total. The Labute approximate surface area is 167 Å². The van der Waals surface area contributed by atoms with Crippen LogP contribution in [0.2, 0.25) is 0 Å². The van der Waals surface area contributed by atoms with Crippen LogP contribution in [0.5, 0.6) is 0 Å². The summed E-state index contributed by atoms with van der Waals surface area (Å²) in [5.74, 6) is -1.78. The number of hydrogen-bond acceptors (Lipinski definition) is 8. The average Bonchev–Trinajstić information content (AvgIpc) is 3.08. The molecule has 2 aromatic heterocycles. The first kappa shape index (κ1) is 21.9. The Morgan fingerprint density at radius 3 is 1.93 bits per heavy atom. The van der Waals surface area contributed by atoms with E-state index in [1.54, 1.807) is 27.7 Å². The second-order valence-corrected chi connectivity index (χ2v) is 6.35. The standard InChI is InChI=1S/C20H23NO8/c1-7-26-20(25)17-16(10(3)22)13(6)29-18(17)21-14(23)8-27-19(24)15-9(2)11(4)28-12(15)5/h7-8H2,1-6H3,(H,21,23). The molecule has 9 nitrogen and oxygen atoms in total. The SMILES string of the molecule is CCOC(=O)c1c(NC(=O)COC(=O)c2c(C)oc(C)c2C)oc(C)c1C(C)=O. The number of furan rings is 2. The highest BCUT2D eigenvalue weighted by atomic mass is 16.5. The second kappa shape index (κ2) is 8.76. The Balaban J connectivity index is 2.16. The molecule has 0 aliphatic carbocycles. The first-order valence-electron chi connectivity index (χ1n) is 8.93. The van der Waals surface area contributed by atoms with E-state index in [0.717, 1.165) is 0 Å². The molecule has 2 heterocycles. The van der Waals surface area contributed by atoms with Crippen LogP contribution in [-0.2, 0) is 14.3 Å². The minimum absolute atomic E-state index is 0.0240. The molecular formula is C20H23NO8. The van der Waals surface area contributed by atoms with Crippen LogP contribution in [0.3, 0.4) is 0 Å². The van der Waals surface area contributed by atoms with Gasteiger partial charge >= 0.3 is 11.9 Å². The number of rotatable bonds is 7. The molecule has 2 aromatic rings. The van der Waals surface area contributed by atoms with Crippen molar-refractivity contribution in [2.75, 3.05) is 18.5 Å². The van der Waals surface area contributed by atoms with Crippen molar-refractivity contribution >= 4 is 29.5 Å². The predicted octanol–water partition coefficient (Wildman–Crippen LogP) is 3.28. The number of carbonyl (C=O) groups is 4. The van der Waals surface area contributed by atoms with Crippen LogP contribution >= 0.6 is 0 Å². The van der Waals surface area contributed by atoms with Gasteiger partial charge in [0.05, 0.1) is 12.2 Å². The highest BCUT2D eigenvalue weighted by Gasteiger charge is 2.29. The molecule has 0 radical (unpaired) electrons. The van der Waals surface area contributed by atoms with Gasteiger partial charge in [-0.3, -0.25) is 14.9 Å². The molecule has 2 rings (SSSR count). The number of aryl methyl sites for hydroxylation is 3. The third-order valence-corrected chi connectivity index (χ3v) is 4.27. The number of Topliss-reactive ketones (excluding diaryl/α,β-unsaturated/α-hetero) is 1. The van der Waals surface area contributed by atoms with Crippen LogP contribution in [0.1, 0.15) is 67.8 Å². The normalized spacial score (nSPS) is 10.6. The highest BCUT2D eigenvalue weighted by molar-refractivity contribution is 6.10. The monoisotopic (exact) mass is 405 g/mol. The zero-order chi connectivity index (χ0) is 21.9. The lowest BCUT2D eigenvalue weighted by molar-refractivity contribution is -0.119. The van der Waals surface area contributed by atoms with Gasteiger partial charge in [0.15, 0.2) is 12.4 Å². The average molecular weight is 405 g/mol. The summed E-state index contributed by atoms with van der Waals surface area (Å²) < 4.78 is 20.7. The lowest BCUT2D eigenvalue weighted by atomic mass is 10.1. The van der Waals surface area contributed by atoms with Gasteiger partial charge in [0, 0.05) is 5.56 Å². The zero-order valence-electron chi connectivity index (χ0n) is 17.2. The largest absolute Gasteiger partial charge is 0.465 e. The van der Waals surface area contributed by atoms with Crippen LogP contribution in [0.4, 0.5) is 5.88 Å². The number of hydrogen-bond donors (Lipinski definition) is 1. The van der Waals surface area contributed by atoms with Crippen molar-refractivity contribution in [1.82, 2.24) is 0 Å². The van der Waals surface area contributed by atoms with Crippen molar-refractivity contribution in [3.05, 3.63) is 39.5 Å². The van der Waals surface area contributed by atoms with Crippen molar-refractivity contribution in [3.8, 4) is 0 Å². The summed E-state index contributed by atoms with van der Waals surface area (Å²) in [4.78, 5) is 48.6. The van der Waals surface area contributed by atoms with Crippen LogP contribution in [0.25, 0.3) is 0 Å². The number of ketones is 1. The van der Waals surface area contributed by atoms with Gasteiger partial charge in [-0.2, -0.15) is 0 Å². The number of anilines is 1. The first-order chi connectivity index (χ1) is 13.6. The highest BCUT2D eigenvalue weighted by Crippen LogP contribution is 2.28. The molecule has 0 atom stereocenters. The van der Waals surface area contributed by atoms with E-state index in [-0.39, 0.29) is 34.9 Å². The van der Waals surface area contributed by atoms with Gasteiger partial charge in [0.25, 0.3) is 5.91 Å². The first-order valence-corrected chi connectivity index (χ1v) is 8.93. The van der Waals surface area contributed by atoms with Gasteiger partial charge in [0.1, 0.15) is 28.4 Å². The van der Waals surface area contributed by atoms with E-state index in [9.17, 15) is 19.2 Å². The summed E-state index contributed by atoms with van der Waals surface area (Å²) in [6, 6.07) is 0. The zero-order valence-corrected chi connectivity index (χ0v) is 17.2. The number of nitrogens with one attached hydrogen (secondary N) is 1. The van der Waals surface area contributed by atoms with E-state index in [0.29, 0.717) is 17.1 Å². The van der Waals surface area contributed by atoms with E-state index in [2.05, 4.69) is 5.32 Å². The molecule has 156 valence electrons. The topological polar surface area (TPSA) is 125 Å². The summed E-state index contributed by atoms with van der Waals surface area (Å²) in [7, 11) is 0. The maximum atomic E-state index is 12.3. The minimum Gasteiger partial charge on any atom is -0.465 e. The van der Waals surface area contributed by atoms with Crippen LogP contribution in [0, 0.1) is 27.7 Å². The maximum absolute atomic E-state index is 12.3. The number of ether oxygens (including phenoxy) is 2.